The van der Waals surface area contributed by atoms with Crippen molar-refractivity contribution in [1.29, 1.82) is 0 Å². The summed E-state index contributed by atoms with van der Waals surface area (Å²) < 4.78 is 0. The van der Waals surface area contributed by atoms with Crippen molar-refractivity contribution in [2.75, 3.05) is 11.4 Å². The monoisotopic (exact) mass is 484 g/mol. The van der Waals surface area contributed by atoms with Crippen molar-refractivity contribution in [2.24, 2.45) is 0 Å². The van der Waals surface area contributed by atoms with Gasteiger partial charge in [0.05, 0.1) is 5.69 Å². The van der Waals surface area contributed by atoms with Crippen molar-refractivity contribution in [2.45, 2.75) is 25.2 Å². The van der Waals surface area contributed by atoms with Crippen molar-refractivity contribution in [3.63, 3.8) is 0 Å². The molecule has 0 atom stereocenters. The van der Waals surface area contributed by atoms with Crippen molar-refractivity contribution in [3.8, 4) is 23.2 Å². The van der Waals surface area contributed by atoms with Gasteiger partial charge in [-0.05, 0) is 54.3 Å². The predicted octanol–water partition coefficient (Wildman–Crippen LogP) is 3.72. The second kappa shape index (κ2) is 9.87. The highest BCUT2D eigenvalue weighted by Crippen LogP contribution is 2.36. The Kier molecular flexibility index (Phi) is 6.32. The number of aromatic amines is 1. The lowest BCUT2D eigenvalue weighted by Gasteiger charge is -2.22. The molecule has 1 fully saturated rings. The number of aromatic nitrogens is 5. The largest absolute Gasteiger partial charge is 0.480 e. The summed E-state index contributed by atoms with van der Waals surface area (Å²) in [4.78, 5) is 30.6. The molecular weight excluding hydrogens is 464 g/mol. The molecule has 9 nitrogen and oxygen atoms in total. The molecule has 35 heavy (non-hydrogen) atoms. The molecule has 1 aliphatic rings. The molecule has 2 aromatic carbocycles. The number of hydrogen-bond donors (Lipinski definition) is 2. The van der Waals surface area contributed by atoms with E-state index < -0.39 is 18.4 Å². The van der Waals surface area contributed by atoms with E-state index in [1.54, 1.807) is 42.5 Å². The quantitative estimate of drug-likeness (QED) is 0.400. The second-order valence-corrected chi connectivity index (χ2v) is 8.96. The smallest absolute Gasteiger partial charge is 0.323 e. The van der Waals surface area contributed by atoms with Crippen molar-refractivity contribution >= 4 is 28.9 Å². The van der Waals surface area contributed by atoms with Gasteiger partial charge in [0.25, 0.3) is 5.91 Å². The predicted molar refractivity (Wildman–Crippen MR) is 130 cm³/mol. The number of anilines is 1. The summed E-state index contributed by atoms with van der Waals surface area (Å²) in [6, 6.07) is 13.6. The average Bonchev–Trinajstić information content (AvgIpc) is 3.53. The molecule has 1 aliphatic carbocycles. The Morgan fingerprint density at radius 1 is 1.14 bits per heavy atom. The molecule has 0 radical (unpaired) electrons. The van der Waals surface area contributed by atoms with Crippen LogP contribution in [0.3, 0.4) is 0 Å². The Morgan fingerprint density at radius 3 is 2.66 bits per heavy atom. The topological polar surface area (TPSA) is 125 Å². The van der Waals surface area contributed by atoms with E-state index in [1.165, 1.54) is 35.5 Å². The normalized spacial score (nSPS) is 12.9. The van der Waals surface area contributed by atoms with Gasteiger partial charge >= 0.3 is 5.97 Å². The van der Waals surface area contributed by atoms with E-state index in [9.17, 15) is 14.7 Å². The molecule has 1 saturated carbocycles. The minimum Gasteiger partial charge on any atom is -0.480 e. The standard InChI is InChI=1S/C25H20N6O3S/c32-23(33)14-31(25(34)19-10-8-18(9-11-19)24-27-29-30-28-24)20-6-1-3-16(13-20)7-12-22-26-21(15-35-22)17-4-2-5-17/h1,3,6,8-11,13,15,17H,2,4-5,14H2,(H,32,33)(H,27,28,29,30). The van der Waals surface area contributed by atoms with E-state index >= 15 is 0 Å². The molecule has 1 amide bonds. The minimum absolute atomic E-state index is 0.335. The van der Waals surface area contributed by atoms with E-state index in [0.717, 1.165) is 10.7 Å². The zero-order valence-electron chi connectivity index (χ0n) is 18.5. The van der Waals surface area contributed by atoms with E-state index in [4.69, 9.17) is 0 Å². The lowest BCUT2D eigenvalue weighted by atomic mass is 9.83. The number of H-pyrrole nitrogens is 1. The number of carboxylic acid groups (broad SMARTS) is 1. The third-order valence-corrected chi connectivity index (χ3v) is 6.57. The third kappa shape index (κ3) is 5.10. The van der Waals surface area contributed by atoms with Crippen LogP contribution in [-0.4, -0.2) is 49.1 Å². The van der Waals surface area contributed by atoms with Crippen molar-refractivity contribution < 1.29 is 14.7 Å². The van der Waals surface area contributed by atoms with Crippen LogP contribution in [0, 0.1) is 11.8 Å². The molecule has 0 bridgehead atoms. The van der Waals surface area contributed by atoms with Gasteiger partial charge in [0.2, 0.25) is 5.82 Å². The summed E-state index contributed by atoms with van der Waals surface area (Å²) in [6.07, 6.45) is 3.63. The number of carboxylic acids is 1. The maximum absolute atomic E-state index is 13.2. The average molecular weight is 485 g/mol. The Balaban J connectivity index is 1.37. The van der Waals surface area contributed by atoms with Gasteiger partial charge in [-0.15, -0.1) is 21.5 Å². The Bertz CT molecular complexity index is 1420. The first kappa shape index (κ1) is 22.4. The van der Waals surface area contributed by atoms with Crippen LogP contribution in [-0.2, 0) is 4.79 Å². The number of hydrogen-bond acceptors (Lipinski definition) is 7. The summed E-state index contributed by atoms with van der Waals surface area (Å²) >= 11 is 1.53. The molecule has 2 aromatic heterocycles. The van der Waals surface area contributed by atoms with E-state index in [2.05, 4.69) is 42.8 Å². The summed E-state index contributed by atoms with van der Waals surface area (Å²) in [5.74, 6) is 5.57. The zero-order valence-corrected chi connectivity index (χ0v) is 19.3. The molecule has 10 heteroatoms. The fourth-order valence-corrected chi connectivity index (χ4v) is 4.48. The number of benzene rings is 2. The van der Waals surface area contributed by atoms with Gasteiger partial charge in [0, 0.05) is 33.7 Å². The van der Waals surface area contributed by atoms with E-state index in [-0.39, 0.29) is 0 Å². The first-order valence-corrected chi connectivity index (χ1v) is 11.9. The highest BCUT2D eigenvalue weighted by atomic mass is 32.1. The summed E-state index contributed by atoms with van der Waals surface area (Å²) in [5.41, 5.74) is 3.24. The number of carbonyl (C=O) groups is 2. The number of thiazole rings is 1. The lowest BCUT2D eigenvalue weighted by molar-refractivity contribution is -0.135. The van der Waals surface area contributed by atoms with Crippen LogP contribution in [0.4, 0.5) is 5.69 Å². The van der Waals surface area contributed by atoms with Crippen LogP contribution >= 0.6 is 11.3 Å². The van der Waals surface area contributed by atoms with Gasteiger partial charge in [0.1, 0.15) is 6.54 Å². The third-order valence-electron chi connectivity index (χ3n) is 5.79. The molecule has 2 N–H and O–H groups in total. The van der Waals surface area contributed by atoms with Crippen LogP contribution in [0.2, 0.25) is 0 Å². The fraction of sp³-hybridized carbons (Fsp3) is 0.200. The molecule has 0 saturated heterocycles. The van der Waals surface area contributed by atoms with E-state index in [0.29, 0.717) is 34.1 Å². The van der Waals surface area contributed by atoms with Crippen LogP contribution in [0.5, 0.6) is 0 Å². The molecule has 0 spiro atoms. The Morgan fingerprint density at radius 2 is 1.97 bits per heavy atom. The number of amides is 1. The Labute approximate surface area is 204 Å². The molecule has 174 valence electrons. The number of rotatable bonds is 6. The van der Waals surface area contributed by atoms with Crippen LogP contribution in [0.1, 0.15) is 51.8 Å². The van der Waals surface area contributed by atoms with Crippen molar-refractivity contribution in [3.05, 3.63) is 75.7 Å². The van der Waals surface area contributed by atoms with Crippen LogP contribution < -0.4 is 4.90 Å². The molecular formula is C25H20N6O3S. The summed E-state index contributed by atoms with van der Waals surface area (Å²) in [7, 11) is 0. The molecule has 0 unspecified atom stereocenters. The maximum Gasteiger partial charge on any atom is 0.323 e. The molecule has 5 rings (SSSR count). The van der Waals surface area contributed by atoms with Gasteiger partial charge in [-0.1, -0.05) is 30.5 Å². The SMILES string of the molecule is O=C(O)CN(C(=O)c1ccc(-c2nn[nH]n2)cc1)c1cccc(C#Cc2nc(C3CCC3)cs2)c1. The van der Waals surface area contributed by atoms with E-state index in [1.807, 2.05) is 6.07 Å². The lowest BCUT2D eigenvalue weighted by Crippen LogP contribution is -2.35. The number of nitrogens with zero attached hydrogens (tertiary/aromatic N) is 5. The highest BCUT2D eigenvalue weighted by molar-refractivity contribution is 7.10. The van der Waals surface area contributed by atoms with Crippen LogP contribution in [0.25, 0.3) is 11.4 Å². The minimum atomic E-state index is -1.12. The van der Waals surface area contributed by atoms with Gasteiger partial charge in [0.15, 0.2) is 5.01 Å². The summed E-state index contributed by atoms with van der Waals surface area (Å²) in [5, 5.41) is 26.0. The molecule has 0 aliphatic heterocycles. The molecule has 2 heterocycles. The molecule has 4 aromatic rings. The second-order valence-electron chi connectivity index (χ2n) is 8.10. The van der Waals surface area contributed by atoms with Gasteiger partial charge in [-0.2, -0.15) is 5.21 Å². The number of aliphatic carboxylic acids is 1. The number of nitrogens with one attached hydrogen (secondary N) is 1. The van der Waals surface area contributed by atoms with Gasteiger partial charge in [-0.25, -0.2) is 4.98 Å². The van der Waals surface area contributed by atoms with Gasteiger partial charge in [-0.3, -0.25) is 14.5 Å². The van der Waals surface area contributed by atoms with Gasteiger partial charge < -0.3 is 5.11 Å². The number of carbonyl (C=O) groups excluding carboxylic acids is 1. The first-order valence-electron chi connectivity index (χ1n) is 11.0. The highest BCUT2D eigenvalue weighted by Gasteiger charge is 2.22. The summed E-state index contributed by atoms with van der Waals surface area (Å²) in [6.45, 7) is -0.487. The van der Waals surface area contributed by atoms with Crippen molar-refractivity contribution in [1.82, 2.24) is 25.6 Å². The van der Waals surface area contributed by atoms with Crippen LogP contribution in [0.15, 0.2) is 53.9 Å². The number of tetrazole rings is 1. The first-order chi connectivity index (χ1) is 17.1. The Hall–Kier alpha value is -4.36. The maximum atomic E-state index is 13.2. The zero-order chi connectivity index (χ0) is 24.2. The fourth-order valence-electron chi connectivity index (χ4n) is 3.73.